The van der Waals surface area contributed by atoms with E-state index in [0.717, 1.165) is 38.0 Å². The van der Waals surface area contributed by atoms with Crippen molar-refractivity contribution in [2.24, 2.45) is 11.7 Å². The summed E-state index contributed by atoms with van der Waals surface area (Å²) < 4.78 is 0.298. The minimum Gasteiger partial charge on any atom is -0.368 e. The van der Waals surface area contributed by atoms with E-state index in [-0.39, 0.29) is 5.91 Å². The van der Waals surface area contributed by atoms with Crippen LogP contribution in [0.4, 0.5) is 0 Å². The zero-order valence-corrected chi connectivity index (χ0v) is 13.0. The number of carbonyl (C=O) groups excluding carboxylic acids is 1. The van der Waals surface area contributed by atoms with Gasteiger partial charge in [0.1, 0.15) is 5.54 Å². The van der Waals surface area contributed by atoms with Gasteiger partial charge in [-0.3, -0.25) is 4.79 Å². The minimum absolute atomic E-state index is 0.160. The third-order valence-electron chi connectivity index (χ3n) is 3.75. The van der Waals surface area contributed by atoms with Gasteiger partial charge in [-0.25, -0.2) is 0 Å². The topological polar surface area (TPSA) is 55.1 Å². The van der Waals surface area contributed by atoms with Crippen molar-refractivity contribution in [1.82, 2.24) is 5.32 Å². The van der Waals surface area contributed by atoms with E-state index in [0.29, 0.717) is 10.7 Å². The minimum atomic E-state index is -0.437. The number of hydrogen-bond donors (Lipinski definition) is 2. The number of primary amides is 1. The quantitative estimate of drug-likeness (QED) is 0.781. The molecular weight excluding hydrogens is 244 g/mol. The smallest absolute Gasteiger partial charge is 0.238 e. The summed E-state index contributed by atoms with van der Waals surface area (Å²) in [4.78, 5) is 11.8. The lowest BCUT2D eigenvalue weighted by molar-refractivity contribution is -0.125. The molecule has 2 atom stereocenters. The van der Waals surface area contributed by atoms with Gasteiger partial charge in [-0.15, -0.1) is 0 Å². The molecule has 1 saturated carbocycles. The highest BCUT2D eigenvalue weighted by atomic mass is 32.2. The molecule has 2 unspecified atom stereocenters. The Morgan fingerprint density at radius 3 is 2.67 bits per heavy atom. The summed E-state index contributed by atoms with van der Waals surface area (Å²) >= 11 is 1.97. The van der Waals surface area contributed by atoms with Crippen LogP contribution in [0.1, 0.15) is 53.4 Å². The summed E-state index contributed by atoms with van der Waals surface area (Å²) in [6, 6.07) is 0. The monoisotopic (exact) mass is 272 g/mol. The molecule has 3 N–H and O–H groups in total. The van der Waals surface area contributed by atoms with Crippen molar-refractivity contribution in [2.45, 2.75) is 63.7 Å². The van der Waals surface area contributed by atoms with Crippen LogP contribution in [0.5, 0.6) is 0 Å². The van der Waals surface area contributed by atoms with E-state index in [9.17, 15) is 4.79 Å². The molecule has 0 heterocycles. The van der Waals surface area contributed by atoms with Crippen molar-refractivity contribution >= 4 is 17.7 Å². The molecule has 106 valence electrons. The van der Waals surface area contributed by atoms with E-state index < -0.39 is 5.54 Å². The Labute approximate surface area is 116 Å². The van der Waals surface area contributed by atoms with Gasteiger partial charge < -0.3 is 11.1 Å². The second-order valence-electron chi connectivity index (χ2n) is 6.20. The van der Waals surface area contributed by atoms with Crippen molar-refractivity contribution in [1.29, 1.82) is 0 Å². The van der Waals surface area contributed by atoms with Crippen LogP contribution in [-0.4, -0.2) is 28.5 Å². The van der Waals surface area contributed by atoms with Gasteiger partial charge in [-0.2, -0.15) is 11.8 Å². The SMILES string of the molecule is CCNC1(C(N)=O)CCCC1CCSC(C)(C)C. The molecular formula is C14H28N2OS. The molecule has 1 amide bonds. The first-order valence-electron chi connectivity index (χ1n) is 7.00. The fourth-order valence-electron chi connectivity index (χ4n) is 2.94. The number of nitrogens with two attached hydrogens (primary N) is 1. The van der Waals surface area contributed by atoms with Crippen molar-refractivity contribution in [3.05, 3.63) is 0 Å². The van der Waals surface area contributed by atoms with E-state index in [1.54, 1.807) is 0 Å². The Hall–Kier alpha value is -0.220. The number of carbonyl (C=O) groups is 1. The molecule has 0 spiro atoms. The molecule has 0 aliphatic heterocycles. The lowest BCUT2D eigenvalue weighted by Crippen LogP contribution is -2.57. The summed E-state index contributed by atoms with van der Waals surface area (Å²) in [6.45, 7) is 9.56. The van der Waals surface area contributed by atoms with Crippen LogP contribution in [0.3, 0.4) is 0 Å². The van der Waals surface area contributed by atoms with Gasteiger partial charge in [-0.1, -0.05) is 34.1 Å². The van der Waals surface area contributed by atoms with Crippen LogP contribution in [0, 0.1) is 5.92 Å². The molecule has 0 saturated heterocycles. The van der Waals surface area contributed by atoms with Gasteiger partial charge in [0.25, 0.3) is 0 Å². The summed E-state index contributed by atoms with van der Waals surface area (Å²) in [5.74, 6) is 1.35. The molecule has 0 aromatic heterocycles. The lowest BCUT2D eigenvalue weighted by atomic mass is 9.84. The largest absolute Gasteiger partial charge is 0.368 e. The summed E-state index contributed by atoms with van der Waals surface area (Å²) in [5.41, 5.74) is 5.22. The fraction of sp³-hybridized carbons (Fsp3) is 0.929. The van der Waals surface area contributed by atoms with Gasteiger partial charge in [0, 0.05) is 4.75 Å². The average Bonchev–Trinajstić information content (AvgIpc) is 2.61. The highest BCUT2D eigenvalue weighted by Gasteiger charge is 2.46. The normalized spacial score (nSPS) is 28.6. The van der Waals surface area contributed by atoms with E-state index in [2.05, 4.69) is 26.1 Å². The van der Waals surface area contributed by atoms with E-state index >= 15 is 0 Å². The lowest BCUT2D eigenvalue weighted by Gasteiger charge is -2.34. The summed E-state index contributed by atoms with van der Waals surface area (Å²) in [6.07, 6.45) is 4.22. The highest BCUT2D eigenvalue weighted by Crippen LogP contribution is 2.39. The van der Waals surface area contributed by atoms with Crippen molar-refractivity contribution in [3.63, 3.8) is 0 Å². The van der Waals surface area contributed by atoms with Crippen LogP contribution in [0.15, 0.2) is 0 Å². The fourth-order valence-corrected chi connectivity index (χ4v) is 3.95. The van der Waals surface area contributed by atoms with Gasteiger partial charge in [-0.05, 0) is 37.5 Å². The molecule has 1 fully saturated rings. The maximum Gasteiger partial charge on any atom is 0.238 e. The average molecular weight is 272 g/mol. The number of thioether (sulfide) groups is 1. The molecule has 4 heteroatoms. The first-order chi connectivity index (χ1) is 8.32. The molecule has 1 rings (SSSR count). The summed E-state index contributed by atoms with van der Waals surface area (Å²) in [7, 11) is 0. The van der Waals surface area contributed by atoms with Crippen molar-refractivity contribution in [2.75, 3.05) is 12.3 Å². The molecule has 1 aliphatic carbocycles. The molecule has 3 nitrogen and oxygen atoms in total. The number of amides is 1. The Morgan fingerprint density at radius 1 is 1.50 bits per heavy atom. The van der Waals surface area contributed by atoms with Crippen molar-refractivity contribution < 1.29 is 4.79 Å². The zero-order chi connectivity index (χ0) is 13.8. The van der Waals surface area contributed by atoms with Gasteiger partial charge >= 0.3 is 0 Å². The van der Waals surface area contributed by atoms with Gasteiger partial charge in [0.2, 0.25) is 5.91 Å². The van der Waals surface area contributed by atoms with Crippen LogP contribution >= 0.6 is 11.8 Å². The predicted octanol–water partition coefficient (Wildman–Crippen LogP) is 2.54. The Kier molecular flexibility index (Phi) is 5.53. The maximum absolute atomic E-state index is 11.8. The van der Waals surface area contributed by atoms with E-state index in [1.165, 1.54) is 0 Å². The predicted molar refractivity (Wildman–Crippen MR) is 79.8 cm³/mol. The molecule has 0 aromatic carbocycles. The molecule has 0 radical (unpaired) electrons. The molecule has 0 aromatic rings. The molecule has 18 heavy (non-hydrogen) atoms. The molecule has 1 aliphatic rings. The van der Waals surface area contributed by atoms with Gasteiger partial charge in [0.15, 0.2) is 0 Å². The van der Waals surface area contributed by atoms with Crippen LogP contribution < -0.4 is 11.1 Å². The number of likely N-dealkylation sites (N-methyl/N-ethyl adjacent to an activating group) is 1. The Bertz CT molecular complexity index is 288. The highest BCUT2D eigenvalue weighted by molar-refractivity contribution is 8.00. The van der Waals surface area contributed by atoms with Crippen LogP contribution in [0.2, 0.25) is 0 Å². The van der Waals surface area contributed by atoms with E-state index in [1.807, 2.05) is 18.7 Å². The second kappa shape index (κ2) is 6.29. The second-order valence-corrected chi connectivity index (χ2v) is 8.13. The maximum atomic E-state index is 11.8. The first-order valence-corrected chi connectivity index (χ1v) is 7.99. The van der Waals surface area contributed by atoms with Crippen LogP contribution in [0.25, 0.3) is 0 Å². The van der Waals surface area contributed by atoms with Crippen LogP contribution in [-0.2, 0) is 4.79 Å². The molecule has 0 bridgehead atoms. The number of hydrogen-bond acceptors (Lipinski definition) is 3. The third kappa shape index (κ3) is 3.89. The Balaban J connectivity index is 2.60. The first kappa shape index (κ1) is 15.8. The van der Waals surface area contributed by atoms with Gasteiger partial charge in [0.05, 0.1) is 0 Å². The third-order valence-corrected chi connectivity index (χ3v) is 5.06. The summed E-state index contributed by atoms with van der Waals surface area (Å²) in [5, 5.41) is 3.37. The standard InChI is InChI=1S/C14H28N2OS/c1-5-16-14(12(15)17)9-6-7-11(14)8-10-18-13(2,3)4/h11,16H,5-10H2,1-4H3,(H2,15,17). The number of rotatable bonds is 6. The zero-order valence-electron chi connectivity index (χ0n) is 12.2. The Morgan fingerprint density at radius 2 is 2.17 bits per heavy atom. The van der Waals surface area contributed by atoms with E-state index in [4.69, 9.17) is 5.73 Å². The number of nitrogens with one attached hydrogen (secondary N) is 1. The van der Waals surface area contributed by atoms with Crippen molar-refractivity contribution in [3.8, 4) is 0 Å².